The van der Waals surface area contributed by atoms with Gasteiger partial charge in [0.05, 0.1) is 0 Å². The van der Waals surface area contributed by atoms with E-state index in [4.69, 9.17) is 0 Å². The average Bonchev–Trinajstić information content (AvgIpc) is 2.08. The number of allylic oxidation sites excluding steroid dienone is 6. The summed E-state index contributed by atoms with van der Waals surface area (Å²) in [5.41, 5.74) is 4.59. The van der Waals surface area contributed by atoms with Crippen molar-refractivity contribution in [3.63, 3.8) is 0 Å². The summed E-state index contributed by atoms with van der Waals surface area (Å²) in [5.74, 6) is 0. The molecule has 0 bridgehead atoms. The SMILES string of the molecule is C/C=C\C1=C(CC)C=C(C)CC1. The largest absolute Gasteiger partial charge is 0.0874 e. The molecule has 0 aliphatic heterocycles. The maximum Gasteiger partial charge on any atom is -0.0239 e. The van der Waals surface area contributed by atoms with Crippen molar-refractivity contribution in [1.82, 2.24) is 0 Å². The van der Waals surface area contributed by atoms with Gasteiger partial charge in [-0.3, -0.25) is 0 Å². The summed E-state index contributed by atoms with van der Waals surface area (Å²) in [5, 5.41) is 0. The minimum absolute atomic E-state index is 1.16. The lowest BCUT2D eigenvalue weighted by Gasteiger charge is -2.14. The van der Waals surface area contributed by atoms with Crippen molar-refractivity contribution in [2.75, 3.05) is 0 Å². The van der Waals surface area contributed by atoms with Gasteiger partial charge in [0.1, 0.15) is 0 Å². The molecule has 0 fully saturated rings. The first kappa shape index (κ1) is 9.31. The monoisotopic (exact) mass is 162 g/mol. The van der Waals surface area contributed by atoms with Gasteiger partial charge in [-0.25, -0.2) is 0 Å². The zero-order valence-electron chi connectivity index (χ0n) is 8.35. The predicted octanol–water partition coefficient (Wildman–Crippen LogP) is 4.01. The molecule has 0 saturated carbocycles. The smallest absolute Gasteiger partial charge is 0.0239 e. The standard InChI is InChI=1S/C12H18/c1-4-6-12-8-7-10(3)9-11(12)5-2/h4,6,9H,5,7-8H2,1-3H3/b6-4-. The second-order valence-corrected chi connectivity index (χ2v) is 3.39. The minimum atomic E-state index is 1.16. The van der Waals surface area contributed by atoms with Gasteiger partial charge in [-0.1, -0.05) is 30.7 Å². The van der Waals surface area contributed by atoms with Gasteiger partial charge >= 0.3 is 0 Å². The summed E-state index contributed by atoms with van der Waals surface area (Å²) in [6.07, 6.45) is 10.4. The van der Waals surface area contributed by atoms with Gasteiger partial charge in [-0.2, -0.15) is 0 Å². The van der Waals surface area contributed by atoms with Crippen molar-refractivity contribution in [1.29, 1.82) is 0 Å². The molecule has 1 aliphatic rings. The number of hydrogen-bond acceptors (Lipinski definition) is 0. The third kappa shape index (κ3) is 2.10. The molecular formula is C12H18. The molecule has 1 aliphatic carbocycles. The van der Waals surface area contributed by atoms with E-state index in [1.54, 1.807) is 0 Å². The Balaban J connectivity index is 2.91. The van der Waals surface area contributed by atoms with Crippen molar-refractivity contribution < 1.29 is 0 Å². The van der Waals surface area contributed by atoms with Crippen LogP contribution in [-0.2, 0) is 0 Å². The third-order valence-corrected chi connectivity index (χ3v) is 2.37. The summed E-state index contributed by atoms with van der Waals surface area (Å²) in [4.78, 5) is 0. The van der Waals surface area contributed by atoms with Crippen molar-refractivity contribution in [3.8, 4) is 0 Å². The molecule has 0 aromatic heterocycles. The second kappa shape index (κ2) is 4.30. The second-order valence-electron chi connectivity index (χ2n) is 3.39. The summed E-state index contributed by atoms with van der Waals surface area (Å²) in [6.45, 7) is 6.54. The first-order chi connectivity index (χ1) is 5.77. The Morgan fingerprint density at radius 2 is 2.17 bits per heavy atom. The maximum absolute atomic E-state index is 2.35. The van der Waals surface area contributed by atoms with E-state index in [0.717, 1.165) is 6.42 Å². The zero-order chi connectivity index (χ0) is 8.97. The van der Waals surface area contributed by atoms with Crippen molar-refractivity contribution in [2.45, 2.75) is 40.0 Å². The maximum atomic E-state index is 2.35. The van der Waals surface area contributed by atoms with Crippen molar-refractivity contribution in [3.05, 3.63) is 34.9 Å². The first-order valence-corrected chi connectivity index (χ1v) is 4.79. The predicted molar refractivity (Wildman–Crippen MR) is 55.1 cm³/mol. The summed E-state index contributed by atoms with van der Waals surface area (Å²) in [6, 6.07) is 0. The van der Waals surface area contributed by atoms with Gasteiger partial charge in [-0.15, -0.1) is 0 Å². The molecule has 66 valence electrons. The summed E-state index contributed by atoms with van der Waals surface area (Å²) >= 11 is 0. The van der Waals surface area contributed by atoms with Gasteiger partial charge in [0, 0.05) is 0 Å². The van der Waals surface area contributed by atoms with Crippen molar-refractivity contribution in [2.24, 2.45) is 0 Å². The molecule has 0 unspecified atom stereocenters. The lowest BCUT2D eigenvalue weighted by Crippen LogP contribution is -1.95. The first-order valence-electron chi connectivity index (χ1n) is 4.79. The lowest BCUT2D eigenvalue weighted by molar-refractivity contribution is 0.889. The molecule has 0 spiro atoms. The van der Waals surface area contributed by atoms with Crippen LogP contribution in [-0.4, -0.2) is 0 Å². The molecule has 0 heterocycles. The molecule has 0 saturated heterocycles. The Labute approximate surface area is 75.7 Å². The highest BCUT2D eigenvalue weighted by molar-refractivity contribution is 5.38. The molecule has 0 aromatic carbocycles. The van der Waals surface area contributed by atoms with Crippen LogP contribution >= 0.6 is 0 Å². The molecule has 0 heteroatoms. The van der Waals surface area contributed by atoms with Crippen LogP contribution < -0.4 is 0 Å². The summed E-state index contributed by atoms with van der Waals surface area (Å²) < 4.78 is 0. The van der Waals surface area contributed by atoms with Gasteiger partial charge in [0.25, 0.3) is 0 Å². The van der Waals surface area contributed by atoms with Crippen LogP contribution in [0, 0.1) is 0 Å². The van der Waals surface area contributed by atoms with Crippen LogP contribution in [0.5, 0.6) is 0 Å². The molecule has 0 nitrogen and oxygen atoms in total. The molecule has 12 heavy (non-hydrogen) atoms. The number of rotatable bonds is 2. The molecule has 0 aromatic rings. The van der Waals surface area contributed by atoms with E-state index in [-0.39, 0.29) is 0 Å². The highest BCUT2D eigenvalue weighted by Crippen LogP contribution is 2.26. The van der Waals surface area contributed by atoms with E-state index >= 15 is 0 Å². The van der Waals surface area contributed by atoms with Gasteiger partial charge < -0.3 is 0 Å². The Morgan fingerprint density at radius 1 is 1.42 bits per heavy atom. The minimum Gasteiger partial charge on any atom is -0.0874 e. The Bertz CT molecular complexity index is 239. The fourth-order valence-corrected chi connectivity index (χ4v) is 1.68. The zero-order valence-corrected chi connectivity index (χ0v) is 8.35. The van der Waals surface area contributed by atoms with Crippen LogP contribution in [0.15, 0.2) is 34.9 Å². The van der Waals surface area contributed by atoms with Crippen LogP contribution in [0.3, 0.4) is 0 Å². The molecule has 0 amide bonds. The van der Waals surface area contributed by atoms with Gasteiger partial charge in [-0.05, 0) is 44.3 Å². The quantitative estimate of drug-likeness (QED) is 0.575. The van der Waals surface area contributed by atoms with E-state index in [9.17, 15) is 0 Å². The van der Waals surface area contributed by atoms with Crippen LogP contribution in [0.1, 0.15) is 40.0 Å². The fraction of sp³-hybridized carbons (Fsp3) is 0.500. The number of hydrogen-bond donors (Lipinski definition) is 0. The fourth-order valence-electron chi connectivity index (χ4n) is 1.68. The van der Waals surface area contributed by atoms with E-state index in [2.05, 4.69) is 39.0 Å². The Hall–Kier alpha value is -0.780. The van der Waals surface area contributed by atoms with Gasteiger partial charge in [0.15, 0.2) is 0 Å². The molecule has 1 rings (SSSR count). The van der Waals surface area contributed by atoms with Crippen LogP contribution in [0.4, 0.5) is 0 Å². The highest BCUT2D eigenvalue weighted by atomic mass is 14.1. The van der Waals surface area contributed by atoms with Crippen LogP contribution in [0.2, 0.25) is 0 Å². The lowest BCUT2D eigenvalue weighted by atomic mass is 9.91. The highest BCUT2D eigenvalue weighted by Gasteiger charge is 2.06. The summed E-state index contributed by atoms with van der Waals surface area (Å²) in [7, 11) is 0. The Kier molecular flexibility index (Phi) is 3.33. The van der Waals surface area contributed by atoms with Crippen molar-refractivity contribution >= 4 is 0 Å². The Morgan fingerprint density at radius 3 is 2.75 bits per heavy atom. The van der Waals surface area contributed by atoms with E-state index in [1.165, 1.54) is 29.6 Å². The van der Waals surface area contributed by atoms with E-state index < -0.39 is 0 Å². The van der Waals surface area contributed by atoms with E-state index in [0.29, 0.717) is 0 Å². The molecule has 0 N–H and O–H groups in total. The van der Waals surface area contributed by atoms with E-state index in [1.807, 2.05) is 0 Å². The van der Waals surface area contributed by atoms with Gasteiger partial charge in [0.2, 0.25) is 0 Å². The van der Waals surface area contributed by atoms with Crippen LogP contribution in [0.25, 0.3) is 0 Å². The molecule has 0 atom stereocenters. The average molecular weight is 162 g/mol. The molecular weight excluding hydrogens is 144 g/mol. The topological polar surface area (TPSA) is 0 Å². The molecule has 0 radical (unpaired) electrons. The normalized spacial score (nSPS) is 18.8. The third-order valence-electron chi connectivity index (χ3n) is 2.37.